The van der Waals surface area contributed by atoms with Crippen LogP contribution in [-0.2, 0) is 10.4 Å². The quantitative estimate of drug-likeness (QED) is 0.722. The fourth-order valence-corrected chi connectivity index (χ4v) is 2.49. The summed E-state index contributed by atoms with van der Waals surface area (Å²) in [5, 5.41) is 30.5. The van der Waals surface area contributed by atoms with E-state index in [4.69, 9.17) is 0 Å². The molecule has 5 nitrogen and oxygen atoms in total. The number of benzene rings is 1. The maximum absolute atomic E-state index is 12.3. The van der Waals surface area contributed by atoms with E-state index in [2.05, 4.69) is 0 Å². The lowest BCUT2D eigenvalue weighted by molar-refractivity contribution is -0.183. The summed E-state index contributed by atoms with van der Waals surface area (Å²) in [6.45, 7) is 3.52. The fraction of sp³-hybridized carbons (Fsp3) is 0.333. The normalized spacial score (nSPS) is 28.1. The molecule has 3 N–H and O–H groups in total. The molecule has 0 unspecified atom stereocenters. The van der Waals surface area contributed by atoms with Gasteiger partial charge in [-0.2, -0.15) is 0 Å². The van der Waals surface area contributed by atoms with Crippen LogP contribution in [0.25, 0.3) is 0 Å². The number of fused-ring (bicyclic) bond motifs is 1. The first-order chi connectivity index (χ1) is 9.25. The van der Waals surface area contributed by atoms with Gasteiger partial charge in [0.05, 0.1) is 0 Å². The van der Waals surface area contributed by atoms with Gasteiger partial charge in [-0.1, -0.05) is 35.9 Å². The van der Waals surface area contributed by atoms with Gasteiger partial charge >= 0.3 is 5.97 Å². The van der Waals surface area contributed by atoms with Crippen molar-refractivity contribution in [3.8, 4) is 0 Å². The van der Waals surface area contributed by atoms with Crippen molar-refractivity contribution in [3.05, 3.63) is 47.0 Å². The van der Waals surface area contributed by atoms with E-state index >= 15 is 0 Å². The molecule has 1 aliphatic rings. The predicted molar refractivity (Wildman–Crippen MR) is 71.3 cm³/mol. The molecule has 0 aliphatic heterocycles. The third kappa shape index (κ3) is 1.71. The molecule has 20 heavy (non-hydrogen) atoms. The van der Waals surface area contributed by atoms with Gasteiger partial charge in [0.2, 0.25) is 5.60 Å². The average molecular weight is 276 g/mol. The van der Waals surface area contributed by atoms with Crippen molar-refractivity contribution >= 4 is 11.8 Å². The third-order valence-corrected chi connectivity index (χ3v) is 3.65. The van der Waals surface area contributed by atoms with Gasteiger partial charge in [-0.25, -0.2) is 4.79 Å². The molecule has 0 spiro atoms. The van der Waals surface area contributed by atoms with Gasteiger partial charge in [-0.15, -0.1) is 0 Å². The van der Waals surface area contributed by atoms with Gasteiger partial charge < -0.3 is 15.3 Å². The molecule has 0 saturated heterocycles. The van der Waals surface area contributed by atoms with Crippen molar-refractivity contribution < 1.29 is 24.9 Å². The van der Waals surface area contributed by atoms with E-state index in [1.165, 1.54) is 24.3 Å². The Bertz CT molecular complexity index is 614. The summed E-state index contributed by atoms with van der Waals surface area (Å²) in [6.07, 6.45) is 1.28. The summed E-state index contributed by atoms with van der Waals surface area (Å²) in [6, 6.07) is 5.84. The second-order valence-electron chi connectivity index (χ2n) is 5.24. The zero-order chi connectivity index (χ0) is 15.1. The van der Waals surface area contributed by atoms with Crippen LogP contribution in [0, 0.1) is 0 Å². The lowest BCUT2D eigenvalue weighted by atomic mass is 9.80. The monoisotopic (exact) mass is 276 g/mol. The van der Waals surface area contributed by atoms with Gasteiger partial charge in [-0.3, -0.25) is 4.79 Å². The van der Waals surface area contributed by atoms with Crippen LogP contribution in [0.5, 0.6) is 0 Å². The lowest BCUT2D eigenvalue weighted by Crippen LogP contribution is -2.56. The Labute approximate surface area is 116 Å². The van der Waals surface area contributed by atoms with Crippen LogP contribution in [0.4, 0.5) is 0 Å². The highest BCUT2D eigenvalue weighted by atomic mass is 16.4. The number of ketones is 1. The maximum atomic E-state index is 12.3. The molecule has 2 rings (SSSR count). The molecule has 0 radical (unpaired) electrons. The Morgan fingerprint density at radius 2 is 1.85 bits per heavy atom. The van der Waals surface area contributed by atoms with E-state index < -0.39 is 23.0 Å². The molecule has 1 aliphatic carbocycles. The minimum absolute atomic E-state index is 0.0436. The van der Waals surface area contributed by atoms with Crippen molar-refractivity contribution in [1.29, 1.82) is 0 Å². The highest BCUT2D eigenvalue weighted by Gasteiger charge is 2.66. The molecular weight excluding hydrogens is 260 g/mol. The number of carbonyl (C=O) groups excluding carboxylic acids is 1. The van der Waals surface area contributed by atoms with Crippen LogP contribution in [-0.4, -0.2) is 32.7 Å². The molecule has 2 atom stereocenters. The highest BCUT2D eigenvalue weighted by Crippen LogP contribution is 2.46. The van der Waals surface area contributed by atoms with Crippen LogP contribution >= 0.6 is 0 Å². The van der Waals surface area contributed by atoms with Crippen molar-refractivity contribution in [3.63, 3.8) is 0 Å². The number of Topliss-reactive ketones (excluding diaryl/α,β-unsaturated/α-hetero) is 1. The number of aliphatic hydroxyl groups is 2. The van der Waals surface area contributed by atoms with E-state index in [9.17, 15) is 24.9 Å². The second kappa shape index (κ2) is 4.54. The summed E-state index contributed by atoms with van der Waals surface area (Å²) < 4.78 is 0. The van der Waals surface area contributed by atoms with Gasteiger partial charge in [0.1, 0.15) is 0 Å². The highest BCUT2D eigenvalue weighted by molar-refractivity contribution is 6.13. The molecule has 0 fully saturated rings. The fourth-order valence-electron chi connectivity index (χ4n) is 2.49. The molecule has 0 bridgehead atoms. The second-order valence-corrected chi connectivity index (χ2v) is 5.24. The van der Waals surface area contributed by atoms with E-state index in [0.717, 1.165) is 5.57 Å². The molecular formula is C15H16O5. The Kier molecular flexibility index (Phi) is 3.28. The number of carboxylic acids is 1. The molecule has 0 heterocycles. The molecule has 1 aromatic carbocycles. The largest absolute Gasteiger partial charge is 0.479 e. The number of allylic oxidation sites excluding steroid dienone is 1. The van der Waals surface area contributed by atoms with Gasteiger partial charge in [0, 0.05) is 17.5 Å². The minimum atomic E-state index is -2.63. The first-order valence-electron chi connectivity index (χ1n) is 6.21. The van der Waals surface area contributed by atoms with Gasteiger partial charge in [0.15, 0.2) is 11.4 Å². The molecule has 0 amide bonds. The van der Waals surface area contributed by atoms with Crippen LogP contribution in [0.3, 0.4) is 0 Å². The molecule has 0 saturated carbocycles. The summed E-state index contributed by atoms with van der Waals surface area (Å²) in [5.41, 5.74) is -4.23. The van der Waals surface area contributed by atoms with Crippen molar-refractivity contribution in [2.75, 3.05) is 0 Å². The zero-order valence-corrected chi connectivity index (χ0v) is 11.3. The topological polar surface area (TPSA) is 94.8 Å². The van der Waals surface area contributed by atoms with Crippen molar-refractivity contribution in [2.24, 2.45) is 0 Å². The summed E-state index contributed by atoms with van der Waals surface area (Å²) in [5.74, 6) is -2.41. The first kappa shape index (κ1) is 14.4. The molecule has 0 aromatic heterocycles. The maximum Gasteiger partial charge on any atom is 0.344 e. The smallest absolute Gasteiger partial charge is 0.344 e. The van der Waals surface area contributed by atoms with Crippen molar-refractivity contribution in [1.82, 2.24) is 0 Å². The number of rotatable bonds is 3. The number of aliphatic carboxylic acids is 1. The summed E-state index contributed by atoms with van der Waals surface area (Å²) in [7, 11) is 0. The lowest BCUT2D eigenvalue weighted by Gasteiger charge is -2.32. The summed E-state index contributed by atoms with van der Waals surface area (Å²) in [4.78, 5) is 23.9. The third-order valence-electron chi connectivity index (χ3n) is 3.65. The Hall–Kier alpha value is -1.98. The van der Waals surface area contributed by atoms with Gasteiger partial charge in [-0.05, 0) is 13.8 Å². The van der Waals surface area contributed by atoms with E-state index in [-0.39, 0.29) is 17.5 Å². The van der Waals surface area contributed by atoms with Crippen LogP contribution in [0.1, 0.15) is 36.2 Å². The Balaban J connectivity index is 2.67. The number of carboxylic acid groups (broad SMARTS) is 1. The number of carbonyl (C=O) groups is 2. The molecule has 106 valence electrons. The van der Waals surface area contributed by atoms with Crippen molar-refractivity contribution in [2.45, 2.75) is 31.5 Å². The predicted octanol–water partition coefficient (Wildman–Crippen LogP) is 1.24. The SMILES string of the molecule is CC(C)=CC[C@]1(O)C(=O)c2ccccc2[C@@]1(O)C(=O)O. The zero-order valence-electron chi connectivity index (χ0n) is 11.3. The molecule has 5 heteroatoms. The number of hydrogen-bond acceptors (Lipinski definition) is 4. The van der Waals surface area contributed by atoms with Crippen LogP contribution in [0.2, 0.25) is 0 Å². The van der Waals surface area contributed by atoms with Crippen LogP contribution in [0.15, 0.2) is 35.9 Å². The Morgan fingerprint density at radius 1 is 1.25 bits per heavy atom. The van der Waals surface area contributed by atoms with E-state index in [1.807, 2.05) is 0 Å². The van der Waals surface area contributed by atoms with E-state index in [0.29, 0.717) is 0 Å². The van der Waals surface area contributed by atoms with E-state index in [1.54, 1.807) is 19.9 Å². The van der Waals surface area contributed by atoms with Gasteiger partial charge in [0.25, 0.3) is 0 Å². The summed E-state index contributed by atoms with van der Waals surface area (Å²) >= 11 is 0. The Morgan fingerprint density at radius 3 is 2.40 bits per heavy atom. The average Bonchev–Trinajstić information content (AvgIpc) is 2.58. The molecule has 1 aromatic rings. The van der Waals surface area contributed by atoms with Crippen LogP contribution < -0.4 is 0 Å². The minimum Gasteiger partial charge on any atom is -0.479 e. The number of hydrogen-bond donors (Lipinski definition) is 3. The standard InChI is InChI=1S/C15H16O5/c1-9(2)7-8-14(19)12(16)10-5-3-4-6-11(10)15(14,20)13(17)18/h3-7,19-20H,8H2,1-2H3,(H,17,18)/t14-,15+/m0/s1. The first-order valence-corrected chi connectivity index (χ1v) is 6.21.